The number of carbonyl (C=O) groups is 1. The van der Waals surface area contributed by atoms with Gasteiger partial charge in [0.1, 0.15) is 11.0 Å². The lowest BCUT2D eigenvalue weighted by atomic mass is 10.2. The molecule has 94 valence electrons. The molecule has 0 bridgehead atoms. The van der Waals surface area contributed by atoms with Gasteiger partial charge in [-0.3, -0.25) is 9.69 Å². The summed E-state index contributed by atoms with van der Waals surface area (Å²) in [6.45, 7) is 3.75. The molecule has 1 atom stereocenters. The van der Waals surface area contributed by atoms with Crippen molar-refractivity contribution in [1.29, 1.82) is 0 Å². The minimum atomic E-state index is -0.141. The summed E-state index contributed by atoms with van der Waals surface area (Å²) in [6.07, 6.45) is 1.86. The van der Waals surface area contributed by atoms with Crippen LogP contribution in [0.3, 0.4) is 0 Å². The molecule has 0 radical (unpaired) electrons. The molecule has 2 rings (SSSR count). The topological polar surface area (TPSA) is 55.3 Å². The van der Waals surface area contributed by atoms with E-state index >= 15 is 0 Å². The van der Waals surface area contributed by atoms with Crippen LogP contribution in [0, 0.1) is 0 Å². The molecular weight excluding hydrogens is 262 g/mol. The van der Waals surface area contributed by atoms with Gasteiger partial charge in [-0.1, -0.05) is 11.3 Å². The van der Waals surface area contributed by atoms with Gasteiger partial charge in [0.2, 0.25) is 4.47 Å². The van der Waals surface area contributed by atoms with Crippen molar-refractivity contribution in [3.63, 3.8) is 0 Å². The number of rotatable bonds is 4. The summed E-state index contributed by atoms with van der Waals surface area (Å²) in [5, 5.41) is 8.56. The van der Waals surface area contributed by atoms with E-state index in [2.05, 4.69) is 15.1 Å². The number of aromatic nitrogens is 2. The van der Waals surface area contributed by atoms with Crippen molar-refractivity contribution < 1.29 is 9.53 Å². The fourth-order valence-electron chi connectivity index (χ4n) is 1.99. The van der Waals surface area contributed by atoms with Crippen LogP contribution in [0.2, 0.25) is 4.47 Å². The number of halogens is 1. The molecule has 0 N–H and O–H groups in total. The highest BCUT2D eigenvalue weighted by molar-refractivity contribution is 7.15. The maximum Gasteiger partial charge on any atom is 0.323 e. The summed E-state index contributed by atoms with van der Waals surface area (Å²) < 4.78 is 5.50. The highest BCUT2D eigenvalue weighted by atomic mass is 35.5. The van der Waals surface area contributed by atoms with Gasteiger partial charge in [-0.2, -0.15) is 0 Å². The summed E-state index contributed by atoms with van der Waals surface area (Å²) in [4.78, 5) is 13.8. The van der Waals surface area contributed by atoms with Crippen molar-refractivity contribution in [2.45, 2.75) is 32.4 Å². The van der Waals surface area contributed by atoms with E-state index in [4.69, 9.17) is 16.3 Å². The van der Waals surface area contributed by atoms with Crippen molar-refractivity contribution in [2.75, 3.05) is 13.2 Å². The first-order chi connectivity index (χ1) is 8.20. The minimum absolute atomic E-state index is 0.138. The minimum Gasteiger partial charge on any atom is -0.465 e. The van der Waals surface area contributed by atoms with Crippen LogP contribution in [0.15, 0.2) is 0 Å². The van der Waals surface area contributed by atoms with Crippen LogP contribution >= 0.6 is 22.9 Å². The monoisotopic (exact) mass is 275 g/mol. The summed E-state index contributed by atoms with van der Waals surface area (Å²) >= 11 is 7.08. The first kappa shape index (κ1) is 12.7. The van der Waals surface area contributed by atoms with Crippen molar-refractivity contribution in [3.05, 3.63) is 9.47 Å². The van der Waals surface area contributed by atoms with E-state index in [1.807, 2.05) is 6.92 Å². The van der Waals surface area contributed by atoms with E-state index < -0.39 is 0 Å². The smallest absolute Gasteiger partial charge is 0.323 e. The fourth-order valence-corrected chi connectivity index (χ4v) is 2.88. The van der Waals surface area contributed by atoms with Gasteiger partial charge in [-0.15, -0.1) is 10.2 Å². The van der Waals surface area contributed by atoms with Crippen LogP contribution in [-0.4, -0.2) is 40.3 Å². The molecule has 1 fully saturated rings. The molecule has 0 aliphatic carbocycles. The number of hydrogen-bond donors (Lipinski definition) is 0. The van der Waals surface area contributed by atoms with E-state index in [0.29, 0.717) is 17.6 Å². The second kappa shape index (κ2) is 5.75. The van der Waals surface area contributed by atoms with Gasteiger partial charge < -0.3 is 4.74 Å². The Labute approximate surface area is 109 Å². The van der Waals surface area contributed by atoms with Gasteiger partial charge in [0.25, 0.3) is 0 Å². The number of nitrogens with zero attached hydrogens (tertiary/aromatic N) is 3. The van der Waals surface area contributed by atoms with E-state index in [9.17, 15) is 4.79 Å². The zero-order chi connectivity index (χ0) is 12.3. The van der Waals surface area contributed by atoms with Crippen molar-refractivity contribution >= 4 is 28.9 Å². The highest BCUT2D eigenvalue weighted by Gasteiger charge is 2.32. The number of hydrogen-bond acceptors (Lipinski definition) is 6. The van der Waals surface area contributed by atoms with Crippen molar-refractivity contribution in [1.82, 2.24) is 15.1 Å². The van der Waals surface area contributed by atoms with Gasteiger partial charge in [0, 0.05) is 0 Å². The molecule has 1 aromatic rings. The second-order valence-electron chi connectivity index (χ2n) is 3.83. The molecule has 5 nitrogen and oxygen atoms in total. The average molecular weight is 276 g/mol. The third-order valence-electron chi connectivity index (χ3n) is 2.70. The average Bonchev–Trinajstić information content (AvgIpc) is 2.89. The standard InChI is InChI=1S/C10H14ClN3O2S/c1-2-16-9(15)7-4-3-5-14(7)6-8-12-13-10(11)17-8/h7H,2-6H2,1H3. The van der Waals surface area contributed by atoms with E-state index in [0.717, 1.165) is 24.4 Å². The van der Waals surface area contributed by atoms with Crippen LogP contribution in [0.5, 0.6) is 0 Å². The van der Waals surface area contributed by atoms with Gasteiger partial charge >= 0.3 is 5.97 Å². The molecule has 1 aromatic heterocycles. The molecule has 1 aliphatic rings. The lowest BCUT2D eigenvalue weighted by Crippen LogP contribution is -2.36. The number of likely N-dealkylation sites (tertiary alicyclic amines) is 1. The van der Waals surface area contributed by atoms with Gasteiger partial charge in [0.15, 0.2) is 0 Å². The normalized spacial score (nSPS) is 20.7. The van der Waals surface area contributed by atoms with E-state index in [1.54, 1.807) is 0 Å². The van der Waals surface area contributed by atoms with Gasteiger partial charge in [-0.25, -0.2) is 0 Å². The molecular formula is C10H14ClN3O2S. The molecule has 0 aromatic carbocycles. The molecule has 0 saturated carbocycles. The summed E-state index contributed by atoms with van der Waals surface area (Å²) in [7, 11) is 0. The highest BCUT2D eigenvalue weighted by Crippen LogP contribution is 2.23. The van der Waals surface area contributed by atoms with Crippen molar-refractivity contribution in [2.24, 2.45) is 0 Å². The molecule has 0 spiro atoms. The Morgan fingerprint density at radius 3 is 3.12 bits per heavy atom. The predicted molar refractivity (Wildman–Crippen MR) is 65.0 cm³/mol. The first-order valence-corrected chi connectivity index (χ1v) is 6.78. The molecule has 17 heavy (non-hydrogen) atoms. The predicted octanol–water partition coefficient (Wildman–Crippen LogP) is 1.72. The van der Waals surface area contributed by atoms with Gasteiger partial charge in [-0.05, 0) is 37.9 Å². The van der Waals surface area contributed by atoms with Gasteiger partial charge in [0.05, 0.1) is 13.2 Å². The second-order valence-corrected chi connectivity index (χ2v) is 5.47. The SMILES string of the molecule is CCOC(=O)C1CCCN1Cc1nnc(Cl)s1. The Morgan fingerprint density at radius 2 is 2.47 bits per heavy atom. The Balaban J connectivity index is 1.97. The number of carbonyl (C=O) groups excluding carboxylic acids is 1. The van der Waals surface area contributed by atoms with Crippen LogP contribution in [0.1, 0.15) is 24.8 Å². The molecule has 1 unspecified atom stereocenters. The first-order valence-electron chi connectivity index (χ1n) is 5.59. The van der Waals surface area contributed by atoms with Crippen LogP contribution in [0.4, 0.5) is 0 Å². The Kier molecular flexibility index (Phi) is 4.31. The largest absolute Gasteiger partial charge is 0.465 e. The maximum absolute atomic E-state index is 11.7. The van der Waals surface area contributed by atoms with Crippen molar-refractivity contribution in [3.8, 4) is 0 Å². The Bertz CT molecular complexity index is 399. The fraction of sp³-hybridized carbons (Fsp3) is 0.700. The molecule has 1 saturated heterocycles. The zero-order valence-corrected chi connectivity index (χ0v) is 11.1. The summed E-state index contributed by atoms with van der Waals surface area (Å²) in [5.41, 5.74) is 0. The lowest BCUT2D eigenvalue weighted by molar-refractivity contribution is -0.148. The molecule has 0 amide bonds. The summed E-state index contributed by atoms with van der Waals surface area (Å²) in [5.74, 6) is -0.138. The van der Waals surface area contributed by atoms with Crippen LogP contribution in [-0.2, 0) is 16.1 Å². The molecule has 7 heteroatoms. The molecule has 1 aliphatic heterocycles. The Hall–Kier alpha value is -0.720. The van der Waals surface area contributed by atoms with Crippen LogP contribution < -0.4 is 0 Å². The lowest BCUT2D eigenvalue weighted by Gasteiger charge is -2.21. The number of ether oxygens (including phenoxy) is 1. The summed E-state index contributed by atoms with van der Waals surface area (Å²) in [6, 6.07) is -0.141. The quantitative estimate of drug-likeness (QED) is 0.783. The van der Waals surface area contributed by atoms with E-state index in [1.165, 1.54) is 11.3 Å². The Morgan fingerprint density at radius 1 is 1.65 bits per heavy atom. The van der Waals surface area contributed by atoms with E-state index in [-0.39, 0.29) is 12.0 Å². The number of esters is 1. The zero-order valence-electron chi connectivity index (χ0n) is 9.56. The maximum atomic E-state index is 11.7. The van der Waals surface area contributed by atoms with Crippen LogP contribution in [0.25, 0.3) is 0 Å². The third kappa shape index (κ3) is 3.14. The molecule has 2 heterocycles. The third-order valence-corrected chi connectivity index (χ3v) is 3.71.